The topological polar surface area (TPSA) is 122 Å². The molecule has 0 aliphatic carbocycles. The van der Waals surface area contributed by atoms with Crippen LogP contribution in [0.4, 0.5) is 5.82 Å². The van der Waals surface area contributed by atoms with Gasteiger partial charge in [0.2, 0.25) is 0 Å². The summed E-state index contributed by atoms with van der Waals surface area (Å²) in [6, 6.07) is 8.11. The summed E-state index contributed by atoms with van der Waals surface area (Å²) in [5.74, 6) is 0.830. The van der Waals surface area contributed by atoms with E-state index in [1.54, 1.807) is 6.20 Å². The molecule has 8 nitrogen and oxygen atoms in total. The van der Waals surface area contributed by atoms with Gasteiger partial charge in [0, 0.05) is 24.8 Å². The van der Waals surface area contributed by atoms with E-state index in [9.17, 15) is 0 Å². The predicted molar refractivity (Wildman–Crippen MR) is 101 cm³/mol. The van der Waals surface area contributed by atoms with Gasteiger partial charge in [-0.3, -0.25) is 4.98 Å². The fourth-order valence-corrected chi connectivity index (χ4v) is 2.96. The zero-order valence-electron chi connectivity index (χ0n) is 14.1. The first kappa shape index (κ1) is 17.8. The number of imidazole rings is 1. The van der Waals surface area contributed by atoms with Crippen LogP contribution in [-0.4, -0.2) is 24.8 Å². The molecule has 0 saturated carbocycles. The predicted octanol–water partition coefficient (Wildman–Crippen LogP) is 2.63. The third-order valence-electron chi connectivity index (χ3n) is 4.19. The Hall–Kier alpha value is -2.97. The first-order chi connectivity index (χ1) is 12.2. The molecule has 0 radical (unpaired) electrons. The average molecular weight is 372 g/mol. The average Bonchev–Trinajstić information content (AvgIpc) is 3.24. The van der Waals surface area contributed by atoms with Gasteiger partial charge in [-0.25, -0.2) is 9.61 Å². The van der Waals surface area contributed by atoms with Crippen LogP contribution in [0.2, 0.25) is 0 Å². The summed E-state index contributed by atoms with van der Waals surface area (Å²) in [6.45, 7) is 3.24. The number of fused-ring (bicyclic) bond motifs is 1. The van der Waals surface area contributed by atoms with E-state index < -0.39 is 0 Å². The number of nitrogen functional groups attached to an aromatic ring is 1. The fraction of sp³-hybridized carbons (Fsp3) is 0.176. The zero-order valence-corrected chi connectivity index (χ0v) is 14.9. The van der Waals surface area contributed by atoms with Crippen molar-refractivity contribution in [3.8, 4) is 22.6 Å². The minimum atomic E-state index is 0. The van der Waals surface area contributed by atoms with Crippen LogP contribution >= 0.6 is 12.4 Å². The van der Waals surface area contributed by atoms with Crippen molar-refractivity contribution in [1.82, 2.24) is 24.8 Å². The quantitative estimate of drug-likeness (QED) is 0.565. The molecule has 4 aromatic rings. The Morgan fingerprint density at radius 3 is 2.50 bits per heavy atom. The van der Waals surface area contributed by atoms with Crippen LogP contribution in [0.1, 0.15) is 12.5 Å². The van der Waals surface area contributed by atoms with Gasteiger partial charge in [-0.15, -0.1) is 12.4 Å². The summed E-state index contributed by atoms with van der Waals surface area (Å²) in [5, 5.41) is 7.54. The summed E-state index contributed by atoms with van der Waals surface area (Å²) >= 11 is 0. The molecule has 0 bridgehead atoms. The molecule has 0 spiro atoms. The Morgan fingerprint density at radius 1 is 1.12 bits per heavy atom. The first-order valence-electron chi connectivity index (χ1n) is 7.95. The molecule has 0 fully saturated rings. The summed E-state index contributed by atoms with van der Waals surface area (Å²) in [7, 11) is 0. The monoisotopic (exact) mass is 371 g/mol. The lowest BCUT2D eigenvalue weighted by Gasteiger charge is -2.09. The molecule has 1 aromatic carbocycles. The summed E-state index contributed by atoms with van der Waals surface area (Å²) < 4.78 is 6.77. The Kier molecular flexibility index (Phi) is 4.88. The molecule has 0 amide bonds. The number of halogens is 1. The van der Waals surface area contributed by atoms with Gasteiger partial charge in [0.05, 0.1) is 11.7 Å². The summed E-state index contributed by atoms with van der Waals surface area (Å²) in [5.41, 5.74) is 16.8. The number of nitrogens with two attached hydrogens (primary N) is 2. The lowest BCUT2D eigenvalue weighted by molar-refractivity contribution is 0.310. The maximum Gasteiger partial charge on any atom is 0.199 e. The smallest absolute Gasteiger partial charge is 0.199 e. The largest absolute Gasteiger partial charge is 0.379 e. The van der Waals surface area contributed by atoms with Crippen LogP contribution in [0, 0.1) is 0 Å². The number of rotatable bonds is 4. The van der Waals surface area contributed by atoms with Crippen molar-refractivity contribution in [2.24, 2.45) is 5.73 Å². The number of aryl methyl sites for hydroxylation is 1. The van der Waals surface area contributed by atoms with Crippen LogP contribution < -0.4 is 11.5 Å². The van der Waals surface area contributed by atoms with Crippen molar-refractivity contribution in [2.45, 2.75) is 20.0 Å². The Bertz CT molecular complexity index is 1040. The highest BCUT2D eigenvalue weighted by atomic mass is 35.5. The molecule has 3 aromatic heterocycles. The molecule has 3 heterocycles. The molecule has 0 atom stereocenters. The highest BCUT2D eigenvalue weighted by molar-refractivity contribution is 5.93. The third-order valence-corrected chi connectivity index (χ3v) is 4.19. The SMILES string of the molecule is CCn1c(-c2nonc2N)nc2cncc(-c3ccc(CN)cc3)c21.Cl. The Balaban J connectivity index is 0.00000196. The van der Waals surface area contributed by atoms with E-state index in [1.807, 2.05) is 42.0 Å². The first-order valence-corrected chi connectivity index (χ1v) is 7.95. The van der Waals surface area contributed by atoms with E-state index in [-0.39, 0.29) is 18.2 Å². The lowest BCUT2D eigenvalue weighted by atomic mass is 10.0. The maximum absolute atomic E-state index is 5.85. The normalized spacial score (nSPS) is 10.8. The molecule has 134 valence electrons. The second-order valence-corrected chi connectivity index (χ2v) is 5.63. The standard InChI is InChI=1S/C17H17N7O.ClH/c1-2-24-15-12(11-5-3-10(7-18)4-6-11)8-20-9-13(15)21-17(24)14-16(19)23-25-22-14;/h3-6,8-9H,2,7,18H2,1H3,(H2,19,23);1H. The van der Waals surface area contributed by atoms with E-state index in [1.165, 1.54) is 0 Å². The second kappa shape index (κ2) is 7.11. The molecule has 0 saturated heterocycles. The van der Waals surface area contributed by atoms with E-state index in [4.69, 9.17) is 16.1 Å². The second-order valence-electron chi connectivity index (χ2n) is 5.63. The molecule has 0 aliphatic rings. The van der Waals surface area contributed by atoms with Gasteiger partial charge in [0.1, 0.15) is 5.52 Å². The molecule has 9 heteroatoms. The fourth-order valence-electron chi connectivity index (χ4n) is 2.96. The molecular weight excluding hydrogens is 354 g/mol. The van der Waals surface area contributed by atoms with E-state index in [0.29, 0.717) is 24.6 Å². The number of pyridine rings is 1. The van der Waals surface area contributed by atoms with E-state index in [2.05, 4.69) is 20.3 Å². The van der Waals surface area contributed by atoms with Crippen LogP contribution in [0.5, 0.6) is 0 Å². The number of hydrogen-bond donors (Lipinski definition) is 2. The maximum atomic E-state index is 5.85. The number of anilines is 1. The Morgan fingerprint density at radius 2 is 1.88 bits per heavy atom. The summed E-state index contributed by atoms with van der Waals surface area (Å²) in [4.78, 5) is 8.98. The molecule has 4 N–H and O–H groups in total. The number of nitrogens with zero attached hydrogens (tertiary/aromatic N) is 5. The third kappa shape index (κ3) is 2.79. The van der Waals surface area contributed by atoms with Gasteiger partial charge in [-0.1, -0.05) is 24.3 Å². The van der Waals surface area contributed by atoms with Gasteiger partial charge in [0.25, 0.3) is 0 Å². The van der Waals surface area contributed by atoms with Gasteiger partial charge >= 0.3 is 0 Å². The number of hydrogen-bond acceptors (Lipinski definition) is 7. The number of aromatic nitrogens is 5. The van der Waals surface area contributed by atoms with Crippen molar-refractivity contribution >= 4 is 29.3 Å². The van der Waals surface area contributed by atoms with Crippen LogP contribution in [0.25, 0.3) is 33.7 Å². The van der Waals surface area contributed by atoms with Gasteiger partial charge < -0.3 is 16.0 Å². The van der Waals surface area contributed by atoms with Crippen molar-refractivity contribution in [3.63, 3.8) is 0 Å². The van der Waals surface area contributed by atoms with E-state index in [0.717, 1.165) is 27.7 Å². The molecule has 0 aliphatic heterocycles. The minimum absolute atomic E-state index is 0. The molecule has 0 unspecified atom stereocenters. The number of benzene rings is 1. The lowest BCUT2D eigenvalue weighted by Crippen LogP contribution is -2.01. The van der Waals surface area contributed by atoms with Crippen molar-refractivity contribution < 1.29 is 4.63 Å². The molecule has 26 heavy (non-hydrogen) atoms. The molecular formula is C17H18ClN7O. The highest BCUT2D eigenvalue weighted by Gasteiger charge is 2.20. The molecule has 4 rings (SSSR count). The van der Waals surface area contributed by atoms with Crippen LogP contribution in [-0.2, 0) is 13.1 Å². The minimum Gasteiger partial charge on any atom is -0.379 e. The Labute approximate surface area is 155 Å². The van der Waals surface area contributed by atoms with Gasteiger partial charge in [-0.2, -0.15) is 0 Å². The van der Waals surface area contributed by atoms with Crippen molar-refractivity contribution in [2.75, 3.05) is 5.73 Å². The van der Waals surface area contributed by atoms with Crippen LogP contribution in [0.15, 0.2) is 41.3 Å². The van der Waals surface area contributed by atoms with Crippen molar-refractivity contribution in [3.05, 3.63) is 42.2 Å². The van der Waals surface area contributed by atoms with Gasteiger partial charge in [0.15, 0.2) is 17.3 Å². The zero-order chi connectivity index (χ0) is 17.4. The summed E-state index contributed by atoms with van der Waals surface area (Å²) in [6.07, 6.45) is 3.56. The van der Waals surface area contributed by atoms with Gasteiger partial charge in [-0.05, 0) is 28.4 Å². The highest BCUT2D eigenvalue weighted by Crippen LogP contribution is 2.32. The van der Waals surface area contributed by atoms with Crippen LogP contribution in [0.3, 0.4) is 0 Å². The van der Waals surface area contributed by atoms with Crippen molar-refractivity contribution in [1.29, 1.82) is 0 Å². The van der Waals surface area contributed by atoms with E-state index >= 15 is 0 Å².